The van der Waals surface area contributed by atoms with Crippen LogP contribution >= 0.6 is 0 Å². The topological polar surface area (TPSA) is 43.4 Å². The predicted molar refractivity (Wildman–Crippen MR) is 56.8 cm³/mol. The number of rotatable bonds is 4. The van der Waals surface area contributed by atoms with Gasteiger partial charge in [-0.2, -0.15) is 0 Å². The van der Waals surface area contributed by atoms with Crippen LogP contribution in [0.5, 0.6) is 0 Å². The number of ketones is 1. The molecule has 0 radical (unpaired) electrons. The van der Waals surface area contributed by atoms with Gasteiger partial charge in [-0.25, -0.2) is 4.79 Å². The molecule has 3 nitrogen and oxygen atoms in total. The first-order chi connectivity index (χ1) is 7.13. The molecule has 0 N–H and O–H groups in total. The Morgan fingerprint density at radius 3 is 2.33 bits per heavy atom. The monoisotopic (exact) mass is 206 g/mol. The van der Waals surface area contributed by atoms with Gasteiger partial charge >= 0.3 is 5.97 Å². The third-order valence-corrected chi connectivity index (χ3v) is 2.05. The van der Waals surface area contributed by atoms with Gasteiger partial charge in [0.05, 0.1) is 5.56 Å². The van der Waals surface area contributed by atoms with Gasteiger partial charge in [-0.05, 0) is 19.1 Å². The van der Waals surface area contributed by atoms with E-state index in [4.69, 9.17) is 4.74 Å². The fourth-order valence-electron chi connectivity index (χ4n) is 1.02. The van der Waals surface area contributed by atoms with Gasteiger partial charge in [-0.15, -0.1) is 0 Å². The summed E-state index contributed by atoms with van der Waals surface area (Å²) in [5.74, 6) is -0.521. The lowest BCUT2D eigenvalue weighted by atomic mass is 10.1. The van der Waals surface area contributed by atoms with Crippen molar-refractivity contribution in [3.63, 3.8) is 0 Å². The van der Waals surface area contributed by atoms with Crippen molar-refractivity contribution in [1.29, 1.82) is 0 Å². The number of hydrogen-bond acceptors (Lipinski definition) is 3. The Bertz CT molecular complexity index is 352. The normalized spacial score (nSPS) is 9.73. The molecule has 1 aromatic carbocycles. The molecule has 0 aliphatic rings. The molecule has 0 fully saturated rings. The highest BCUT2D eigenvalue weighted by Crippen LogP contribution is 2.04. The number of benzene rings is 1. The summed E-state index contributed by atoms with van der Waals surface area (Å²) < 4.78 is 4.83. The number of hydrogen-bond donors (Lipinski definition) is 0. The van der Waals surface area contributed by atoms with Crippen LogP contribution in [-0.4, -0.2) is 18.4 Å². The van der Waals surface area contributed by atoms with E-state index in [0.29, 0.717) is 12.0 Å². The fraction of sp³-hybridized carbons (Fsp3) is 0.333. The number of aryl methyl sites for hydroxylation is 1. The SMILES string of the molecule is CCC(=O)COC(=O)c1ccc(C)cc1. The van der Waals surface area contributed by atoms with Crippen LogP contribution in [0.25, 0.3) is 0 Å². The molecule has 15 heavy (non-hydrogen) atoms. The van der Waals surface area contributed by atoms with E-state index in [1.54, 1.807) is 19.1 Å². The van der Waals surface area contributed by atoms with E-state index >= 15 is 0 Å². The molecule has 0 unspecified atom stereocenters. The molecule has 0 spiro atoms. The zero-order valence-electron chi connectivity index (χ0n) is 8.95. The van der Waals surface area contributed by atoms with Crippen molar-refractivity contribution in [3.05, 3.63) is 35.4 Å². The standard InChI is InChI=1S/C12H14O3/c1-3-11(13)8-15-12(14)10-6-4-9(2)5-7-10/h4-7H,3,8H2,1-2H3. The Labute approximate surface area is 89.1 Å². The van der Waals surface area contributed by atoms with E-state index < -0.39 is 5.97 Å². The minimum atomic E-state index is -0.447. The molecule has 0 heterocycles. The molecule has 0 aromatic heterocycles. The van der Waals surface area contributed by atoms with E-state index in [0.717, 1.165) is 5.56 Å². The summed E-state index contributed by atoms with van der Waals surface area (Å²) in [4.78, 5) is 22.3. The largest absolute Gasteiger partial charge is 0.454 e. The lowest BCUT2D eigenvalue weighted by Crippen LogP contribution is -2.12. The maximum atomic E-state index is 11.4. The summed E-state index contributed by atoms with van der Waals surface area (Å²) in [5.41, 5.74) is 1.56. The molecule has 3 heteroatoms. The van der Waals surface area contributed by atoms with Crippen LogP contribution in [0.15, 0.2) is 24.3 Å². The first kappa shape index (κ1) is 11.4. The molecule has 1 aromatic rings. The van der Waals surface area contributed by atoms with Crippen LogP contribution in [0.3, 0.4) is 0 Å². The molecule has 0 aliphatic carbocycles. The average molecular weight is 206 g/mol. The highest BCUT2D eigenvalue weighted by Gasteiger charge is 2.08. The van der Waals surface area contributed by atoms with Gasteiger partial charge in [0.1, 0.15) is 6.61 Å². The summed E-state index contributed by atoms with van der Waals surface area (Å²) in [5, 5.41) is 0. The molecule has 0 saturated heterocycles. The zero-order valence-corrected chi connectivity index (χ0v) is 8.95. The van der Waals surface area contributed by atoms with Gasteiger partial charge in [0, 0.05) is 6.42 Å². The van der Waals surface area contributed by atoms with Gasteiger partial charge < -0.3 is 4.74 Å². The fourth-order valence-corrected chi connectivity index (χ4v) is 1.02. The summed E-state index contributed by atoms with van der Waals surface area (Å²) in [6.07, 6.45) is 0.390. The number of Topliss-reactive ketones (excluding diaryl/α,β-unsaturated/α-hetero) is 1. The lowest BCUT2D eigenvalue weighted by Gasteiger charge is -2.03. The number of ether oxygens (including phenoxy) is 1. The van der Waals surface area contributed by atoms with Crippen molar-refractivity contribution < 1.29 is 14.3 Å². The van der Waals surface area contributed by atoms with E-state index in [2.05, 4.69) is 0 Å². The quantitative estimate of drug-likeness (QED) is 0.709. The average Bonchev–Trinajstić information content (AvgIpc) is 2.26. The Morgan fingerprint density at radius 1 is 1.20 bits per heavy atom. The third kappa shape index (κ3) is 3.54. The molecule has 80 valence electrons. The number of carbonyl (C=O) groups excluding carboxylic acids is 2. The Hall–Kier alpha value is -1.64. The van der Waals surface area contributed by atoms with Crippen LogP contribution in [0, 0.1) is 6.92 Å². The van der Waals surface area contributed by atoms with Crippen molar-refractivity contribution >= 4 is 11.8 Å². The maximum Gasteiger partial charge on any atom is 0.338 e. The number of esters is 1. The second-order valence-electron chi connectivity index (χ2n) is 3.33. The summed E-state index contributed by atoms with van der Waals surface area (Å²) in [7, 11) is 0. The van der Waals surface area contributed by atoms with Crippen molar-refractivity contribution in [1.82, 2.24) is 0 Å². The first-order valence-electron chi connectivity index (χ1n) is 4.89. The van der Waals surface area contributed by atoms with Crippen LogP contribution in [0.2, 0.25) is 0 Å². The van der Waals surface area contributed by atoms with E-state index in [-0.39, 0.29) is 12.4 Å². The van der Waals surface area contributed by atoms with Crippen molar-refractivity contribution in [2.75, 3.05) is 6.61 Å². The van der Waals surface area contributed by atoms with E-state index in [9.17, 15) is 9.59 Å². The van der Waals surface area contributed by atoms with Gasteiger partial charge in [0.2, 0.25) is 0 Å². The first-order valence-corrected chi connectivity index (χ1v) is 4.89. The Balaban J connectivity index is 2.54. The zero-order chi connectivity index (χ0) is 11.3. The molecule has 0 saturated carbocycles. The van der Waals surface area contributed by atoms with Gasteiger partial charge in [-0.1, -0.05) is 24.6 Å². The van der Waals surface area contributed by atoms with Crippen LogP contribution in [-0.2, 0) is 9.53 Å². The van der Waals surface area contributed by atoms with Crippen LogP contribution in [0.4, 0.5) is 0 Å². The second-order valence-corrected chi connectivity index (χ2v) is 3.33. The van der Waals surface area contributed by atoms with Crippen molar-refractivity contribution in [3.8, 4) is 0 Å². The predicted octanol–water partition coefficient (Wildman–Crippen LogP) is 2.13. The van der Waals surface area contributed by atoms with Crippen molar-refractivity contribution in [2.24, 2.45) is 0 Å². The second kappa shape index (κ2) is 5.29. The highest BCUT2D eigenvalue weighted by atomic mass is 16.5. The minimum absolute atomic E-state index is 0.0736. The lowest BCUT2D eigenvalue weighted by molar-refractivity contribution is -0.121. The molecule has 0 bridgehead atoms. The Morgan fingerprint density at radius 2 is 1.80 bits per heavy atom. The van der Waals surface area contributed by atoms with E-state index in [1.807, 2.05) is 19.1 Å². The Kier molecular flexibility index (Phi) is 4.03. The molecular formula is C12H14O3. The molecule has 1 rings (SSSR count). The van der Waals surface area contributed by atoms with E-state index in [1.165, 1.54) is 0 Å². The van der Waals surface area contributed by atoms with Gasteiger partial charge in [-0.3, -0.25) is 4.79 Å². The smallest absolute Gasteiger partial charge is 0.338 e. The maximum absolute atomic E-state index is 11.4. The van der Waals surface area contributed by atoms with Crippen molar-refractivity contribution in [2.45, 2.75) is 20.3 Å². The molecule has 0 aliphatic heterocycles. The van der Waals surface area contributed by atoms with Gasteiger partial charge in [0.25, 0.3) is 0 Å². The molecule has 0 atom stereocenters. The van der Waals surface area contributed by atoms with Gasteiger partial charge in [0.15, 0.2) is 5.78 Å². The molecule has 0 amide bonds. The highest BCUT2D eigenvalue weighted by molar-refractivity contribution is 5.91. The van der Waals surface area contributed by atoms with Crippen LogP contribution in [0.1, 0.15) is 29.3 Å². The van der Waals surface area contributed by atoms with Crippen LogP contribution < -0.4 is 0 Å². The number of carbonyl (C=O) groups is 2. The summed E-state index contributed by atoms with van der Waals surface area (Å²) in [6.45, 7) is 3.54. The third-order valence-electron chi connectivity index (χ3n) is 2.05. The summed E-state index contributed by atoms with van der Waals surface area (Å²) in [6, 6.07) is 7.04. The molecular weight excluding hydrogens is 192 g/mol. The minimum Gasteiger partial charge on any atom is -0.454 e. The summed E-state index contributed by atoms with van der Waals surface area (Å²) >= 11 is 0.